The minimum absolute atomic E-state index is 0.233. The van der Waals surface area contributed by atoms with Crippen LogP contribution in [0.2, 0.25) is 0 Å². The highest BCUT2D eigenvalue weighted by Crippen LogP contribution is 2.47. The van der Waals surface area contributed by atoms with E-state index in [-0.39, 0.29) is 11.2 Å². The quantitative estimate of drug-likeness (QED) is 0.514. The molecule has 0 aliphatic rings. The van der Waals surface area contributed by atoms with E-state index in [1.807, 2.05) is 20.8 Å². The summed E-state index contributed by atoms with van der Waals surface area (Å²) in [7, 11) is -0.134. The zero-order chi connectivity index (χ0) is 12.8. The second kappa shape index (κ2) is 6.53. The number of hydrogen-bond acceptors (Lipinski definition) is 4. The number of ketones is 1. The zero-order valence-electron chi connectivity index (χ0n) is 10.9. The van der Waals surface area contributed by atoms with Crippen LogP contribution in [-0.2, 0) is 18.4 Å². The number of Topliss-reactive ketones (excluding diaryl/α,β-unsaturated/α-hetero) is 1. The highest BCUT2D eigenvalue weighted by molar-refractivity contribution is 7.53. The molecule has 0 amide bonds. The molecule has 0 spiro atoms. The minimum atomic E-state index is -2.89. The summed E-state index contributed by atoms with van der Waals surface area (Å²) in [4.78, 5) is 11.6. The molecule has 0 fully saturated rings. The Morgan fingerprint density at radius 2 is 1.62 bits per heavy atom. The standard InChI is InChI=1S/C11H23O4P/c1-11(2,3)10(12)8-6-7-9-16(13,14-4)15-5/h6-9H2,1-5H3. The Bertz CT molecular complexity index is 260. The lowest BCUT2D eigenvalue weighted by Gasteiger charge is -2.17. The van der Waals surface area contributed by atoms with Gasteiger partial charge in [-0.15, -0.1) is 0 Å². The maximum Gasteiger partial charge on any atom is 0.330 e. The molecule has 96 valence electrons. The summed E-state index contributed by atoms with van der Waals surface area (Å²) in [6.45, 7) is 5.72. The van der Waals surface area contributed by atoms with Crippen molar-refractivity contribution in [3.8, 4) is 0 Å². The van der Waals surface area contributed by atoms with Gasteiger partial charge in [0.2, 0.25) is 0 Å². The second-order valence-electron chi connectivity index (χ2n) is 4.83. The van der Waals surface area contributed by atoms with E-state index in [1.165, 1.54) is 14.2 Å². The maximum absolute atomic E-state index is 11.7. The van der Waals surface area contributed by atoms with Crippen molar-refractivity contribution in [2.75, 3.05) is 20.4 Å². The number of unbranched alkanes of at least 4 members (excludes halogenated alkanes) is 1. The number of carbonyl (C=O) groups is 1. The molecule has 0 N–H and O–H groups in total. The molecular formula is C11H23O4P. The fourth-order valence-corrected chi connectivity index (χ4v) is 2.35. The summed E-state index contributed by atoms with van der Waals surface area (Å²) in [6, 6.07) is 0. The molecule has 0 aromatic carbocycles. The fraction of sp³-hybridized carbons (Fsp3) is 0.909. The van der Waals surface area contributed by atoms with Gasteiger partial charge < -0.3 is 9.05 Å². The molecule has 0 aliphatic heterocycles. The molecule has 0 rings (SSSR count). The van der Waals surface area contributed by atoms with Crippen LogP contribution in [0.4, 0.5) is 0 Å². The van der Waals surface area contributed by atoms with E-state index in [1.54, 1.807) is 0 Å². The molecule has 0 aromatic heterocycles. The summed E-state index contributed by atoms with van der Waals surface area (Å²) in [5, 5.41) is 0. The third-order valence-electron chi connectivity index (χ3n) is 2.48. The van der Waals surface area contributed by atoms with Gasteiger partial charge in [-0.05, 0) is 12.8 Å². The van der Waals surface area contributed by atoms with E-state index in [0.717, 1.165) is 6.42 Å². The van der Waals surface area contributed by atoms with Crippen LogP contribution in [0.1, 0.15) is 40.0 Å². The van der Waals surface area contributed by atoms with Crippen molar-refractivity contribution >= 4 is 13.4 Å². The largest absolute Gasteiger partial charge is 0.330 e. The summed E-state index contributed by atoms with van der Waals surface area (Å²) < 4.78 is 21.3. The Balaban J connectivity index is 3.86. The molecular weight excluding hydrogens is 227 g/mol. The lowest BCUT2D eigenvalue weighted by atomic mass is 9.88. The summed E-state index contributed by atoms with van der Waals surface area (Å²) in [6.07, 6.45) is 2.31. The molecule has 0 aromatic rings. The molecule has 0 aliphatic carbocycles. The molecule has 0 saturated carbocycles. The molecule has 0 saturated heterocycles. The molecule has 0 unspecified atom stereocenters. The van der Waals surface area contributed by atoms with Gasteiger partial charge in [-0.1, -0.05) is 20.8 Å². The van der Waals surface area contributed by atoms with E-state index in [2.05, 4.69) is 0 Å². The van der Waals surface area contributed by atoms with Crippen LogP contribution >= 0.6 is 7.60 Å². The molecule has 0 atom stereocenters. The normalized spacial score (nSPS) is 12.8. The van der Waals surface area contributed by atoms with Gasteiger partial charge in [-0.25, -0.2) is 0 Å². The predicted molar refractivity (Wildman–Crippen MR) is 64.8 cm³/mol. The Labute approximate surface area is 98.2 Å². The van der Waals surface area contributed by atoms with Crippen molar-refractivity contribution in [2.24, 2.45) is 5.41 Å². The third-order valence-corrected chi connectivity index (χ3v) is 4.46. The first-order chi connectivity index (χ1) is 7.25. The summed E-state index contributed by atoms with van der Waals surface area (Å²) in [5.74, 6) is 0.233. The van der Waals surface area contributed by atoms with Crippen LogP contribution in [0.15, 0.2) is 0 Å². The van der Waals surface area contributed by atoms with Crippen molar-refractivity contribution in [2.45, 2.75) is 40.0 Å². The number of carbonyl (C=O) groups excluding carboxylic acids is 1. The van der Waals surface area contributed by atoms with E-state index < -0.39 is 7.60 Å². The molecule has 4 nitrogen and oxygen atoms in total. The topological polar surface area (TPSA) is 52.6 Å². The second-order valence-corrected chi connectivity index (χ2v) is 7.23. The SMILES string of the molecule is COP(=O)(CCCCC(=O)C(C)(C)C)OC. The van der Waals surface area contributed by atoms with Gasteiger partial charge in [0.25, 0.3) is 0 Å². The van der Waals surface area contributed by atoms with Crippen molar-refractivity contribution in [1.29, 1.82) is 0 Å². The van der Waals surface area contributed by atoms with Crippen molar-refractivity contribution in [3.05, 3.63) is 0 Å². The third kappa shape index (κ3) is 5.78. The van der Waals surface area contributed by atoms with Crippen LogP contribution in [0.25, 0.3) is 0 Å². The maximum atomic E-state index is 11.7. The van der Waals surface area contributed by atoms with Crippen LogP contribution in [-0.4, -0.2) is 26.2 Å². The minimum Gasteiger partial charge on any atom is -0.312 e. The van der Waals surface area contributed by atoms with E-state index in [9.17, 15) is 9.36 Å². The molecule has 5 heteroatoms. The first-order valence-corrected chi connectivity index (χ1v) is 7.22. The Hall–Kier alpha value is -0.180. The van der Waals surface area contributed by atoms with Crippen molar-refractivity contribution < 1.29 is 18.4 Å². The molecule has 16 heavy (non-hydrogen) atoms. The van der Waals surface area contributed by atoms with Gasteiger partial charge in [-0.2, -0.15) is 0 Å². The number of rotatable bonds is 7. The van der Waals surface area contributed by atoms with Gasteiger partial charge in [0.1, 0.15) is 5.78 Å². The average molecular weight is 250 g/mol. The summed E-state index contributed by atoms with van der Waals surface area (Å²) in [5.41, 5.74) is -0.286. The van der Waals surface area contributed by atoms with Crippen molar-refractivity contribution in [1.82, 2.24) is 0 Å². The van der Waals surface area contributed by atoms with Gasteiger partial charge in [0.15, 0.2) is 0 Å². The van der Waals surface area contributed by atoms with E-state index in [0.29, 0.717) is 19.0 Å². The lowest BCUT2D eigenvalue weighted by Crippen LogP contribution is -2.19. The Morgan fingerprint density at radius 1 is 1.12 bits per heavy atom. The van der Waals surface area contributed by atoms with Gasteiger partial charge in [0, 0.05) is 26.1 Å². The molecule has 0 bridgehead atoms. The van der Waals surface area contributed by atoms with Crippen LogP contribution in [0.3, 0.4) is 0 Å². The fourth-order valence-electron chi connectivity index (χ4n) is 1.22. The van der Waals surface area contributed by atoms with Crippen molar-refractivity contribution in [3.63, 3.8) is 0 Å². The smallest absolute Gasteiger partial charge is 0.312 e. The molecule has 0 heterocycles. The summed E-state index contributed by atoms with van der Waals surface area (Å²) >= 11 is 0. The van der Waals surface area contributed by atoms with Crippen LogP contribution in [0, 0.1) is 5.41 Å². The molecule has 0 radical (unpaired) electrons. The number of hydrogen-bond donors (Lipinski definition) is 0. The Morgan fingerprint density at radius 3 is 2.00 bits per heavy atom. The Kier molecular flexibility index (Phi) is 6.46. The van der Waals surface area contributed by atoms with E-state index >= 15 is 0 Å². The van der Waals surface area contributed by atoms with Crippen LogP contribution < -0.4 is 0 Å². The van der Waals surface area contributed by atoms with Gasteiger partial charge in [-0.3, -0.25) is 9.36 Å². The predicted octanol–water partition coefficient (Wildman–Crippen LogP) is 3.26. The zero-order valence-corrected chi connectivity index (χ0v) is 11.8. The highest BCUT2D eigenvalue weighted by atomic mass is 31.2. The monoisotopic (exact) mass is 250 g/mol. The lowest BCUT2D eigenvalue weighted by molar-refractivity contribution is -0.126. The van der Waals surface area contributed by atoms with Gasteiger partial charge in [0.05, 0.1) is 6.16 Å². The van der Waals surface area contributed by atoms with E-state index in [4.69, 9.17) is 9.05 Å². The first-order valence-electron chi connectivity index (χ1n) is 5.49. The first kappa shape index (κ1) is 15.8. The van der Waals surface area contributed by atoms with Crippen LogP contribution in [0.5, 0.6) is 0 Å². The van der Waals surface area contributed by atoms with Gasteiger partial charge >= 0.3 is 7.60 Å². The highest BCUT2D eigenvalue weighted by Gasteiger charge is 2.22. The average Bonchev–Trinajstić information content (AvgIpc) is 2.22.